The van der Waals surface area contributed by atoms with Crippen LogP contribution < -0.4 is 16.4 Å². The fourth-order valence-electron chi connectivity index (χ4n) is 3.71. The number of hydrogen-bond donors (Lipinski definition) is 4. The van der Waals surface area contributed by atoms with Crippen molar-refractivity contribution in [1.82, 2.24) is 4.98 Å². The second-order valence-electron chi connectivity index (χ2n) is 8.20. The zero-order valence-electron chi connectivity index (χ0n) is 18.1. The van der Waals surface area contributed by atoms with Gasteiger partial charge in [0.15, 0.2) is 5.13 Å². The summed E-state index contributed by atoms with van der Waals surface area (Å²) in [5, 5.41) is 15.0. The minimum absolute atomic E-state index is 0.126. The van der Waals surface area contributed by atoms with Gasteiger partial charge in [0.25, 0.3) is 0 Å². The molecule has 1 aliphatic heterocycles. The molecule has 0 fully saturated rings. The lowest BCUT2D eigenvalue weighted by Gasteiger charge is -2.13. The molecular weight excluding hydrogens is 491 g/mol. The summed E-state index contributed by atoms with van der Waals surface area (Å²) in [6.07, 6.45) is -4.03. The van der Waals surface area contributed by atoms with Crippen molar-refractivity contribution in [2.24, 2.45) is 5.73 Å². The minimum Gasteiger partial charge on any atom is -0.390 e. The smallest absolute Gasteiger partial charge is 0.390 e. The molecule has 0 radical (unpaired) electrons. The predicted octanol–water partition coefficient (Wildman–Crippen LogP) is 4.39. The van der Waals surface area contributed by atoms with E-state index >= 15 is 0 Å². The van der Waals surface area contributed by atoms with Gasteiger partial charge in [-0.1, -0.05) is 29.5 Å². The van der Waals surface area contributed by atoms with Crippen molar-refractivity contribution in [2.75, 3.05) is 23.8 Å². The first kappa shape index (κ1) is 25.0. The number of anilines is 2. The van der Waals surface area contributed by atoms with Crippen molar-refractivity contribution >= 4 is 28.1 Å². The van der Waals surface area contributed by atoms with E-state index in [1.54, 1.807) is 18.2 Å². The summed E-state index contributed by atoms with van der Waals surface area (Å²) in [7, 11) is 0. The van der Waals surface area contributed by atoms with Crippen LogP contribution in [0.3, 0.4) is 0 Å². The maximum Gasteiger partial charge on any atom is 0.416 e. The first-order valence-electron chi connectivity index (χ1n) is 10.5. The molecular formula is C23H21F5N4O2S. The van der Waals surface area contributed by atoms with Crippen LogP contribution in [-0.2, 0) is 29.7 Å². The van der Waals surface area contributed by atoms with E-state index < -0.39 is 36.0 Å². The van der Waals surface area contributed by atoms with Gasteiger partial charge in [-0.15, -0.1) is 0 Å². The molecule has 1 aromatic heterocycles. The number of carbonyl (C=O) groups is 1. The molecule has 0 spiro atoms. The van der Waals surface area contributed by atoms with E-state index in [9.17, 15) is 31.9 Å². The number of nitrogens with one attached hydrogen (secondary N) is 2. The summed E-state index contributed by atoms with van der Waals surface area (Å²) in [6.45, 7) is -1.30. The Morgan fingerprint density at radius 1 is 1.14 bits per heavy atom. The van der Waals surface area contributed by atoms with Gasteiger partial charge in [-0.05, 0) is 47.4 Å². The number of halogens is 5. The van der Waals surface area contributed by atoms with E-state index in [1.165, 1.54) is 12.1 Å². The molecule has 4 rings (SSSR count). The molecule has 1 atom stereocenters. The standard InChI is InChI=1S/C23H21F5N4O2S/c24-22(25,11-33)20-19(13-3-6-17-14(8-13)9-18(34)31-17)35-21(32-20)30-10-16(29)7-12-1-4-15(5-2-12)23(26,27)28/h1-6,8,16,33H,7,9-11,29H2,(H,30,32)(H,31,34)/t16-/m0/s1. The molecule has 12 heteroatoms. The number of nitrogens with zero attached hydrogens (tertiary/aromatic N) is 1. The summed E-state index contributed by atoms with van der Waals surface area (Å²) in [5.74, 6) is -3.78. The van der Waals surface area contributed by atoms with Crippen LogP contribution in [0.15, 0.2) is 42.5 Å². The average molecular weight is 513 g/mol. The molecule has 0 unspecified atom stereocenters. The highest BCUT2D eigenvalue weighted by Crippen LogP contribution is 2.42. The highest BCUT2D eigenvalue weighted by Gasteiger charge is 2.38. The highest BCUT2D eigenvalue weighted by molar-refractivity contribution is 7.19. The third-order valence-electron chi connectivity index (χ3n) is 5.46. The number of benzene rings is 2. The quantitative estimate of drug-likeness (QED) is 0.336. The first-order chi connectivity index (χ1) is 16.5. The van der Waals surface area contributed by atoms with Crippen LogP contribution in [0.1, 0.15) is 22.4 Å². The molecule has 6 nitrogen and oxygen atoms in total. The van der Waals surface area contributed by atoms with Crippen molar-refractivity contribution in [3.05, 3.63) is 64.8 Å². The van der Waals surface area contributed by atoms with Gasteiger partial charge in [-0.3, -0.25) is 4.79 Å². The van der Waals surface area contributed by atoms with Gasteiger partial charge in [0.2, 0.25) is 5.91 Å². The third-order valence-corrected chi connectivity index (χ3v) is 6.52. The number of fused-ring (bicyclic) bond motifs is 1. The Kier molecular flexibility index (Phi) is 6.80. The fourth-order valence-corrected chi connectivity index (χ4v) is 4.73. The molecule has 2 aromatic carbocycles. The van der Waals surface area contributed by atoms with E-state index in [0.717, 1.165) is 23.5 Å². The zero-order valence-corrected chi connectivity index (χ0v) is 18.9. The second-order valence-corrected chi connectivity index (χ2v) is 9.20. The van der Waals surface area contributed by atoms with Crippen molar-refractivity contribution in [3.8, 4) is 10.4 Å². The van der Waals surface area contributed by atoms with E-state index in [2.05, 4.69) is 15.6 Å². The molecule has 35 heavy (non-hydrogen) atoms. The van der Waals surface area contributed by atoms with Crippen LogP contribution in [-0.4, -0.2) is 35.2 Å². The Morgan fingerprint density at radius 3 is 2.51 bits per heavy atom. The third kappa shape index (κ3) is 5.60. The maximum atomic E-state index is 14.5. The zero-order chi connectivity index (χ0) is 25.4. The second kappa shape index (κ2) is 9.51. The van der Waals surface area contributed by atoms with Gasteiger partial charge in [-0.2, -0.15) is 22.0 Å². The summed E-state index contributed by atoms with van der Waals surface area (Å²) >= 11 is 0.955. The summed E-state index contributed by atoms with van der Waals surface area (Å²) < 4.78 is 67.1. The Balaban J connectivity index is 1.49. The lowest BCUT2D eigenvalue weighted by Crippen LogP contribution is -2.31. The lowest BCUT2D eigenvalue weighted by molar-refractivity contribution is -0.137. The molecule has 0 bridgehead atoms. The molecule has 3 aromatic rings. The first-order valence-corrected chi connectivity index (χ1v) is 11.4. The number of carbonyl (C=O) groups excluding carboxylic acids is 1. The van der Waals surface area contributed by atoms with Crippen molar-refractivity contribution in [1.29, 1.82) is 0 Å². The van der Waals surface area contributed by atoms with Crippen molar-refractivity contribution in [2.45, 2.75) is 31.0 Å². The Hall–Kier alpha value is -3.09. The van der Waals surface area contributed by atoms with E-state index in [-0.39, 0.29) is 35.3 Å². The molecule has 5 N–H and O–H groups in total. The molecule has 1 amide bonds. The number of alkyl halides is 5. The van der Waals surface area contributed by atoms with Crippen LogP contribution in [0.5, 0.6) is 0 Å². The Labute approximate surface area is 201 Å². The SMILES string of the molecule is N[C@H](CNc1nc(C(F)(F)CO)c(-c2ccc3c(c2)CC(=O)N3)s1)Cc1ccc(C(F)(F)F)cc1. The largest absolute Gasteiger partial charge is 0.416 e. The number of amides is 1. The monoisotopic (exact) mass is 512 g/mol. The fraction of sp³-hybridized carbons (Fsp3) is 0.304. The van der Waals surface area contributed by atoms with Gasteiger partial charge in [0.05, 0.1) is 16.9 Å². The van der Waals surface area contributed by atoms with Crippen LogP contribution in [0, 0.1) is 0 Å². The number of nitrogens with two attached hydrogens (primary N) is 1. The highest BCUT2D eigenvalue weighted by atomic mass is 32.1. The van der Waals surface area contributed by atoms with E-state index in [1.807, 2.05) is 0 Å². The van der Waals surface area contributed by atoms with Gasteiger partial charge in [0, 0.05) is 18.3 Å². The van der Waals surface area contributed by atoms with Crippen LogP contribution in [0.4, 0.5) is 32.8 Å². The maximum absolute atomic E-state index is 14.5. The molecule has 0 aliphatic carbocycles. The normalized spacial score (nSPS) is 14.5. The molecule has 0 saturated heterocycles. The molecule has 1 aliphatic rings. The van der Waals surface area contributed by atoms with E-state index in [0.29, 0.717) is 22.4 Å². The summed E-state index contributed by atoms with van der Waals surface area (Å²) in [5.41, 5.74) is 7.05. The van der Waals surface area contributed by atoms with Crippen LogP contribution in [0.25, 0.3) is 10.4 Å². The van der Waals surface area contributed by atoms with Crippen LogP contribution in [0.2, 0.25) is 0 Å². The van der Waals surface area contributed by atoms with Crippen LogP contribution >= 0.6 is 11.3 Å². The van der Waals surface area contributed by atoms with Gasteiger partial charge in [-0.25, -0.2) is 4.98 Å². The number of aromatic nitrogens is 1. The average Bonchev–Trinajstić information content (AvgIpc) is 3.40. The number of aliphatic hydroxyl groups excluding tert-OH is 1. The van der Waals surface area contributed by atoms with Crippen molar-refractivity contribution in [3.63, 3.8) is 0 Å². The number of hydrogen-bond acceptors (Lipinski definition) is 6. The summed E-state index contributed by atoms with van der Waals surface area (Å²) in [6, 6.07) is 8.97. The molecule has 186 valence electrons. The number of thiazole rings is 1. The lowest BCUT2D eigenvalue weighted by atomic mass is 10.0. The Morgan fingerprint density at radius 2 is 1.86 bits per heavy atom. The molecule has 2 heterocycles. The van der Waals surface area contributed by atoms with Gasteiger partial charge in [0.1, 0.15) is 12.3 Å². The minimum atomic E-state index is -4.43. The predicted molar refractivity (Wildman–Crippen MR) is 122 cm³/mol. The van der Waals surface area contributed by atoms with Crippen molar-refractivity contribution < 1.29 is 31.9 Å². The van der Waals surface area contributed by atoms with E-state index in [4.69, 9.17) is 5.73 Å². The topological polar surface area (TPSA) is 100 Å². The number of rotatable bonds is 8. The summed E-state index contributed by atoms with van der Waals surface area (Å²) in [4.78, 5) is 15.8. The number of aliphatic hydroxyl groups is 1. The van der Waals surface area contributed by atoms with Gasteiger partial charge < -0.3 is 21.5 Å². The molecule has 0 saturated carbocycles. The van der Waals surface area contributed by atoms with Gasteiger partial charge >= 0.3 is 12.1 Å². The Bertz CT molecular complexity index is 1230.